The van der Waals surface area contributed by atoms with Gasteiger partial charge in [0.1, 0.15) is 0 Å². The molecule has 1 N–H and O–H groups in total. The molecule has 0 aromatic heterocycles. The number of nitrogens with one attached hydrogen (secondary N) is 1. The van der Waals surface area contributed by atoms with E-state index in [1.54, 1.807) is 6.08 Å². The molecule has 23 heavy (non-hydrogen) atoms. The lowest BCUT2D eigenvalue weighted by Crippen LogP contribution is -2.52. The van der Waals surface area contributed by atoms with Crippen molar-refractivity contribution >= 4 is 11.6 Å². The van der Waals surface area contributed by atoms with Crippen LogP contribution in [0.1, 0.15) is 38.2 Å². The van der Waals surface area contributed by atoms with Gasteiger partial charge in [-0.15, -0.1) is 0 Å². The predicted molar refractivity (Wildman–Crippen MR) is 88.6 cm³/mol. The van der Waals surface area contributed by atoms with Gasteiger partial charge in [-0.05, 0) is 30.4 Å². The first-order valence-electron chi connectivity index (χ1n) is 8.48. The minimum absolute atomic E-state index is 0.171. The number of fused-ring (bicyclic) bond motifs is 4. The fraction of sp³-hybridized carbons (Fsp3) is 0.474. The third-order valence-corrected chi connectivity index (χ3v) is 5.97. The van der Waals surface area contributed by atoms with Crippen molar-refractivity contribution < 1.29 is 4.79 Å². The van der Waals surface area contributed by atoms with Crippen molar-refractivity contribution in [3.63, 3.8) is 0 Å². The molecule has 1 amide bonds. The standard InChI is InChI=1S/C19H21N3O/c1-2-13-7-8-17(23)22-12-10-19(18(13)22)14-5-3-4-6-15(14)21-16(19)9-11-20/h3-6,9,13,18,21H,2,7-8,10,12H2,1H3/b16-9-. The van der Waals surface area contributed by atoms with Gasteiger partial charge in [-0.1, -0.05) is 31.5 Å². The number of para-hydroxylation sites is 1. The van der Waals surface area contributed by atoms with Gasteiger partial charge in [0.05, 0.1) is 11.5 Å². The van der Waals surface area contributed by atoms with Crippen molar-refractivity contribution in [3.8, 4) is 6.07 Å². The van der Waals surface area contributed by atoms with Gasteiger partial charge in [0.2, 0.25) is 5.91 Å². The number of nitriles is 1. The zero-order valence-corrected chi connectivity index (χ0v) is 13.4. The first-order valence-corrected chi connectivity index (χ1v) is 8.48. The van der Waals surface area contributed by atoms with Crippen LogP contribution in [0.15, 0.2) is 36.0 Å². The molecule has 118 valence electrons. The summed E-state index contributed by atoms with van der Waals surface area (Å²) in [6.45, 7) is 3.01. The molecular formula is C19H21N3O. The van der Waals surface area contributed by atoms with Gasteiger partial charge in [0, 0.05) is 36.5 Å². The summed E-state index contributed by atoms with van der Waals surface area (Å²) in [7, 11) is 0. The summed E-state index contributed by atoms with van der Waals surface area (Å²) in [5.41, 5.74) is 3.08. The number of piperidine rings is 1. The summed E-state index contributed by atoms with van der Waals surface area (Å²) in [4.78, 5) is 14.6. The van der Waals surface area contributed by atoms with Gasteiger partial charge >= 0.3 is 0 Å². The highest BCUT2D eigenvalue weighted by molar-refractivity contribution is 5.80. The molecule has 3 aliphatic rings. The molecule has 3 atom stereocenters. The van der Waals surface area contributed by atoms with Crippen molar-refractivity contribution in [3.05, 3.63) is 41.6 Å². The number of benzene rings is 1. The molecule has 1 aromatic rings. The Morgan fingerprint density at radius 1 is 1.48 bits per heavy atom. The lowest BCUT2D eigenvalue weighted by atomic mass is 9.67. The quantitative estimate of drug-likeness (QED) is 0.811. The van der Waals surface area contributed by atoms with E-state index in [0.29, 0.717) is 12.3 Å². The maximum atomic E-state index is 12.5. The molecule has 0 aliphatic carbocycles. The van der Waals surface area contributed by atoms with E-state index in [2.05, 4.69) is 41.4 Å². The first-order chi connectivity index (χ1) is 11.2. The van der Waals surface area contributed by atoms with Crippen molar-refractivity contribution in [1.82, 2.24) is 4.90 Å². The van der Waals surface area contributed by atoms with E-state index < -0.39 is 0 Å². The summed E-state index contributed by atoms with van der Waals surface area (Å²) in [6.07, 6.45) is 5.24. The predicted octanol–water partition coefficient (Wildman–Crippen LogP) is 3.18. The Labute approximate surface area is 136 Å². The van der Waals surface area contributed by atoms with Crippen LogP contribution in [0.5, 0.6) is 0 Å². The summed E-state index contributed by atoms with van der Waals surface area (Å²) >= 11 is 0. The van der Waals surface area contributed by atoms with Gasteiger partial charge < -0.3 is 10.2 Å². The third-order valence-electron chi connectivity index (χ3n) is 5.97. The third kappa shape index (κ3) is 1.80. The molecule has 1 aromatic carbocycles. The maximum Gasteiger partial charge on any atom is 0.222 e. The molecule has 2 saturated heterocycles. The van der Waals surface area contributed by atoms with Gasteiger partial charge in [-0.3, -0.25) is 4.79 Å². The van der Waals surface area contributed by atoms with Crippen LogP contribution in [0.2, 0.25) is 0 Å². The molecule has 3 heterocycles. The highest BCUT2D eigenvalue weighted by Gasteiger charge is 2.59. The largest absolute Gasteiger partial charge is 0.357 e. The number of amides is 1. The molecule has 4 nitrogen and oxygen atoms in total. The lowest BCUT2D eigenvalue weighted by Gasteiger charge is -2.44. The number of hydrogen-bond acceptors (Lipinski definition) is 3. The second-order valence-electron chi connectivity index (χ2n) is 6.82. The zero-order valence-electron chi connectivity index (χ0n) is 13.4. The summed E-state index contributed by atoms with van der Waals surface area (Å²) in [6, 6.07) is 10.7. The normalized spacial score (nSPS) is 33.5. The molecule has 4 heteroatoms. The minimum Gasteiger partial charge on any atom is -0.357 e. The number of hydrogen-bond donors (Lipinski definition) is 1. The van der Waals surface area contributed by atoms with Crippen molar-refractivity contribution in [2.45, 2.75) is 44.1 Å². The summed E-state index contributed by atoms with van der Waals surface area (Å²) in [5.74, 6) is 0.766. The average Bonchev–Trinajstić information content (AvgIpc) is 3.11. The van der Waals surface area contributed by atoms with Crippen LogP contribution < -0.4 is 5.32 Å². The molecule has 3 unspecified atom stereocenters. The Balaban J connectivity index is 1.92. The highest BCUT2D eigenvalue weighted by atomic mass is 16.2. The average molecular weight is 307 g/mol. The minimum atomic E-state index is -0.233. The van der Waals surface area contributed by atoms with E-state index >= 15 is 0 Å². The Morgan fingerprint density at radius 2 is 2.30 bits per heavy atom. The van der Waals surface area contributed by atoms with Crippen LogP contribution in [0.4, 0.5) is 5.69 Å². The van der Waals surface area contributed by atoms with E-state index in [0.717, 1.165) is 37.2 Å². The second-order valence-corrected chi connectivity index (χ2v) is 6.82. The van der Waals surface area contributed by atoms with Crippen molar-refractivity contribution in [2.24, 2.45) is 5.92 Å². The van der Waals surface area contributed by atoms with Crippen LogP contribution in [-0.4, -0.2) is 23.4 Å². The zero-order chi connectivity index (χ0) is 16.0. The van der Waals surface area contributed by atoms with Crippen LogP contribution >= 0.6 is 0 Å². The smallest absolute Gasteiger partial charge is 0.222 e. The first kappa shape index (κ1) is 14.3. The van der Waals surface area contributed by atoms with E-state index in [-0.39, 0.29) is 17.4 Å². The molecule has 0 radical (unpaired) electrons. The van der Waals surface area contributed by atoms with Gasteiger partial charge in [0.15, 0.2) is 0 Å². The van der Waals surface area contributed by atoms with E-state index in [1.807, 2.05) is 6.07 Å². The van der Waals surface area contributed by atoms with Crippen LogP contribution in [0, 0.1) is 17.2 Å². The molecule has 4 rings (SSSR count). The number of anilines is 1. The second kappa shape index (κ2) is 5.13. The molecule has 0 saturated carbocycles. The summed E-state index contributed by atoms with van der Waals surface area (Å²) < 4.78 is 0. The Morgan fingerprint density at radius 3 is 3.09 bits per heavy atom. The number of rotatable bonds is 1. The van der Waals surface area contributed by atoms with Crippen LogP contribution in [-0.2, 0) is 10.2 Å². The monoisotopic (exact) mass is 307 g/mol. The molecular weight excluding hydrogens is 286 g/mol. The van der Waals surface area contributed by atoms with Gasteiger partial charge in [0.25, 0.3) is 0 Å². The van der Waals surface area contributed by atoms with Crippen molar-refractivity contribution in [2.75, 3.05) is 11.9 Å². The fourth-order valence-corrected chi connectivity index (χ4v) is 5.02. The number of carbonyl (C=O) groups is 1. The molecule has 2 fully saturated rings. The van der Waals surface area contributed by atoms with Crippen molar-refractivity contribution in [1.29, 1.82) is 5.26 Å². The van der Waals surface area contributed by atoms with Crippen LogP contribution in [0.3, 0.4) is 0 Å². The molecule has 1 spiro atoms. The maximum absolute atomic E-state index is 12.5. The SMILES string of the molecule is CCC1CCC(=O)N2CCC3(/C(=C/C#N)Nc4ccccc43)C12. The Kier molecular flexibility index (Phi) is 3.19. The van der Waals surface area contributed by atoms with E-state index in [9.17, 15) is 10.1 Å². The Hall–Kier alpha value is -2.28. The molecule has 0 bridgehead atoms. The summed E-state index contributed by atoms with van der Waals surface area (Å²) in [5, 5.41) is 12.7. The lowest BCUT2D eigenvalue weighted by molar-refractivity contribution is -0.137. The van der Waals surface area contributed by atoms with E-state index in [4.69, 9.17) is 0 Å². The number of carbonyl (C=O) groups excluding carboxylic acids is 1. The highest BCUT2D eigenvalue weighted by Crippen LogP contribution is 2.56. The fourth-order valence-electron chi connectivity index (χ4n) is 5.02. The number of nitrogens with zero attached hydrogens (tertiary/aromatic N) is 2. The van der Waals surface area contributed by atoms with E-state index in [1.165, 1.54) is 5.56 Å². The van der Waals surface area contributed by atoms with Crippen LogP contribution in [0.25, 0.3) is 0 Å². The Bertz CT molecular complexity index is 732. The molecule has 3 aliphatic heterocycles. The number of allylic oxidation sites excluding steroid dienone is 1. The van der Waals surface area contributed by atoms with Gasteiger partial charge in [-0.2, -0.15) is 5.26 Å². The van der Waals surface area contributed by atoms with Gasteiger partial charge in [-0.25, -0.2) is 0 Å². The topological polar surface area (TPSA) is 56.1 Å².